The van der Waals surface area contributed by atoms with Crippen LogP contribution in [0.15, 0.2) is 36.7 Å². The Labute approximate surface area is 136 Å². The van der Waals surface area contributed by atoms with E-state index in [0.717, 1.165) is 23.2 Å². The summed E-state index contributed by atoms with van der Waals surface area (Å²) >= 11 is 0. The maximum absolute atomic E-state index is 11.1. The van der Waals surface area contributed by atoms with Crippen LogP contribution < -0.4 is 10.6 Å². The minimum absolute atomic E-state index is 0.0125. The number of rotatable bonds is 4. The number of carbonyl (C=O) groups excluding carboxylic acids is 1. The van der Waals surface area contributed by atoms with Crippen LogP contribution in [0.3, 0.4) is 0 Å². The molecule has 1 aromatic carbocycles. The molecule has 118 valence electrons. The lowest BCUT2D eigenvalue weighted by Crippen LogP contribution is -2.23. The molecular weight excluding hydrogens is 288 g/mol. The molecule has 0 saturated heterocycles. The fraction of sp³-hybridized carbons (Fsp3) is 0.278. The topological polar surface area (TPSA) is 66.9 Å². The van der Waals surface area contributed by atoms with Crippen molar-refractivity contribution in [1.29, 1.82) is 0 Å². The summed E-state index contributed by atoms with van der Waals surface area (Å²) in [5.41, 5.74) is 2.71. The number of anilines is 1. The average Bonchev–Trinajstić information content (AvgIpc) is 2.54. The SMILES string of the molecule is CCNc1ncc(C#Cc2ccc([C@H](C)NC(C)=O)cc2)cn1. The summed E-state index contributed by atoms with van der Waals surface area (Å²) < 4.78 is 0. The Kier molecular flexibility index (Phi) is 5.70. The van der Waals surface area contributed by atoms with Crippen LogP contribution in [0.4, 0.5) is 5.95 Å². The summed E-state index contributed by atoms with van der Waals surface area (Å²) in [6.07, 6.45) is 3.40. The van der Waals surface area contributed by atoms with Gasteiger partial charge < -0.3 is 10.6 Å². The molecule has 0 saturated carbocycles. The standard InChI is InChI=1S/C18H20N4O/c1-4-19-18-20-11-16(12-21-18)6-5-15-7-9-17(10-8-15)13(2)22-14(3)23/h7-13H,4H2,1-3H3,(H,22,23)(H,19,20,21)/t13-/m0/s1. The first-order valence-electron chi connectivity index (χ1n) is 7.53. The highest BCUT2D eigenvalue weighted by atomic mass is 16.1. The number of amides is 1. The van der Waals surface area contributed by atoms with Crippen LogP contribution in [-0.4, -0.2) is 22.4 Å². The molecule has 1 amide bonds. The number of nitrogens with one attached hydrogen (secondary N) is 2. The van der Waals surface area contributed by atoms with Gasteiger partial charge >= 0.3 is 0 Å². The highest BCUT2D eigenvalue weighted by molar-refractivity contribution is 5.73. The Hall–Kier alpha value is -2.87. The van der Waals surface area contributed by atoms with E-state index in [1.807, 2.05) is 38.1 Å². The van der Waals surface area contributed by atoms with E-state index in [4.69, 9.17) is 0 Å². The monoisotopic (exact) mass is 308 g/mol. The van der Waals surface area contributed by atoms with Gasteiger partial charge in [-0.15, -0.1) is 0 Å². The second kappa shape index (κ2) is 7.95. The van der Waals surface area contributed by atoms with Gasteiger partial charge in [-0.25, -0.2) is 9.97 Å². The summed E-state index contributed by atoms with van der Waals surface area (Å²) in [7, 11) is 0. The van der Waals surface area contributed by atoms with Crippen LogP contribution in [0, 0.1) is 11.8 Å². The summed E-state index contributed by atoms with van der Waals surface area (Å²) in [4.78, 5) is 19.4. The highest BCUT2D eigenvalue weighted by Gasteiger charge is 2.05. The molecule has 0 spiro atoms. The number of carbonyl (C=O) groups is 1. The van der Waals surface area contributed by atoms with Gasteiger partial charge in [-0.2, -0.15) is 0 Å². The molecule has 0 unspecified atom stereocenters. The van der Waals surface area contributed by atoms with Gasteiger partial charge in [0.25, 0.3) is 0 Å². The predicted molar refractivity (Wildman–Crippen MR) is 90.8 cm³/mol. The molecule has 0 aliphatic heterocycles. The lowest BCUT2D eigenvalue weighted by molar-refractivity contribution is -0.119. The predicted octanol–water partition coefficient (Wildman–Crippen LogP) is 2.51. The van der Waals surface area contributed by atoms with Crippen molar-refractivity contribution in [3.05, 3.63) is 53.3 Å². The van der Waals surface area contributed by atoms with Gasteiger partial charge in [0.2, 0.25) is 11.9 Å². The zero-order valence-corrected chi connectivity index (χ0v) is 13.6. The van der Waals surface area contributed by atoms with Crippen molar-refractivity contribution in [2.45, 2.75) is 26.8 Å². The first kappa shape index (κ1) is 16.5. The van der Waals surface area contributed by atoms with E-state index < -0.39 is 0 Å². The van der Waals surface area contributed by atoms with Crippen molar-refractivity contribution in [2.24, 2.45) is 0 Å². The maximum Gasteiger partial charge on any atom is 0.222 e. The third-order valence-corrected chi connectivity index (χ3v) is 3.17. The van der Waals surface area contributed by atoms with E-state index in [2.05, 4.69) is 32.4 Å². The number of hydrogen-bond acceptors (Lipinski definition) is 4. The van der Waals surface area contributed by atoms with Crippen LogP contribution >= 0.6 is 0 Å². The quantitative estimate of drug-likeness (QED) is 0.852. The Bertz CT molecular complexity index is 711. The molecule has 0 radical (unpaired) electrons. The third kappa shape index (κ3) is 5.11. The van der Waals surface area contributed by atoms with Crippen LogP contribution in [-0.2, 0) is 4.79 Å². The molecule has 5 nitrogen and oxygen atoms in total. The molecule has 2 N–H and O–H groups in total. The van der Waals surface area contributed by atoms with Gasteiger partial charge in [0, 0.05) is 31.4 Å². The van der Waals surface area contributed by atoms with Crippen molar-refractivity contribution < 1.29 is 4.79 Å². The molecule has 5 heteroatoms. The van der Waals surface area contributed by atoms with Gasteiger partial charge in [0.05, 0.1) is 11.6 Å². The van der Waals surface area contributed by atoms with Crippen molar-refractivity contribution in [3.8, 4) is 11.8 Å². The molecule has 1 heterocycles. The fourth-order valence-corrected chi connectivity index (χ4v) is 2.03. The van der Waals surface area contributed by atoms with Crippen LogP contribution in [0.25, 0.3) is 0 Å². The van der Waals surface area contributed by atoms with Gasteiger partial charge in [0.1, 0.15) is 0 Å². The van der Waals surface area contributed by atoms with E-state index in [9.17, 15) is 4.79 Å². The molecule has 0 bridgehead atoms. The molecular formula is C18H20N4O. The molecule has 2 aromatic rings. The van der Waals surface area contributed by atoms with Crippen molar-refractivity contribution in [1.82, 2.24) is 15.3 Å². The molecule has 0 aliphatic carbocycles. The fourth-order valence-electron chi connectivity index (χ4n) is 2.03. The minimum atomic E-state index is -0.0395. The summed E-state index contributed by atoms with van der Waals surface area (Å²) in [5.74, 6) is 6.69. The first-order chi connectivity index (χ1) is 11.1. The molecule has 23 heavy (non-hydrogen) atoms. The summed E-state index contributed by atoms with van der Waals surface area (Å²) in [6, 6.07) is 7.80. The largest absolute Gasteiger partial charge is 0.355 e. The lowest BCUT2D eigenvalue weighted by Gasteiger charge is -2.12. The number of nitrogens with zero attached hydrogens (tertiary/aromatic N) is 2. The Morgan fingerprint density at radius 3 is 2.30 bits per heavy atom. The zero-order valence-electron chi connectivity index (χ0n) is 13.6. The van der Waals surface area contributed by atoms with Gasteiger partial charge in [-0.1, -0.05) is 24.0 Å². The molecule has 0 fully saturated rings. The number of benzene rings is 1. The van der Waals surface area contributed by atoms with Crippen LogP contribution in [0.1, 0.15) is 43.5 Å². The van der Waals surface area contributed by atoms with Gasteiger partial charge in [-0.05, 0) is 31.5 Å². The molecule has 1 atom stereocenters. The van der Waals surface area contributed by atoms with Gasteiger partial charge in [0.15, 0.2) is 0 Å². The first-order valence-corrected chi connectivity index (χ1v) is 7.53. The van der Waals surface area contributed by atoms with E-state index in [1.54, 1.807) is 12.4 Å². The van der Waals surface area contributed by atoms with Crippen molar-refractivity contribution in [2.75, 3.05) is 11.9 Å². The number of aromatic nitrogens is 2. The molecule has 1 aromatic heterocycles. The molecule has 0 aliphatic rings. The van der Waals surface area contributed by atoms with E-state index >= 15 is 0 Å². The van der Waals surface area contributed by atoms with Crippen molar-refractivity contribution >= 4 is 11.9 Å². The minimum Gasteiger partial charge on any atom is -0.355 e. The maximum atomic E-state index is 11.1. The lowest BCUT2D eigenvalue weighted by atomic mass is 10.1. The Balaban J connectivity index is 2.05. The Morgan fingerprint density at radius 1 is 1.13 bits per heavy atom. The normalized spacial score (nSPS) is 11.1. The van der Waals surface area contributed by atoms with E-state index in [0.29, 0.717) is 5.95 Å². The van der Waals surface area contributed by atoms with Gasteiger partial charge in [-0.3, -0.25) is 4.79 Å². The number of hydrogen-bond donors (Lipinski definition) is 2. The zero-order chi connectivity index (χ0) is 16.7. The third-order valence-electron chi connectivity index (χ3n) is 3.17. The van der Waals surface area contributed by atoms with E-state index in [-0.39, 0.29) is 11.9 Å². The van der Waals surface area contributed by atoms with E-state index in [1.165, 1.54) is 6.92 Å². The smallest absolute Gasteiger partial charge is 0.222 e. The average molecular weight is 308 g/mol. The summed E-state index contributed by atoms with van der Waals surface area (Å²) in [6.45, 7) is 6.24. The molecule has 2 rings (SSSR count). The second-order valence-corrected chi connectivity index (χ2v) is 5.12. The summed E-state index contributed by atoms with van der Waals surface area (Å²) in [5, 5.41) is 5.89. The van der Waals surface area contributed by atoms with Crippen LogP contribution in [0.2, 0.25) is 0 Å². The second-order valence-electron chi connectivity index (χ2n) is 5.12. The highest BCUT2D eigenvalue weighted by Crippen LogP contribution is 2.13. The van der Waals surface area contributed by atoms with Crippen molar-refractivity contribution in [3.63, 3.8) is 0 Å². The van der Waals surface area contributed by atoms with Crippen LogP contribution in [0.5, 0.6) is 0 Å². The Morgan fingerprint density at radius 2 is 1.74 bits per heavy atom.